The predicted octanol–water partition coefficient (Wildman–Crippen LogP) is 3.68. The summed E-state index contributed by atoms with van der Waals surface area (Å²) in [4.78, 5) is 19.0. The van der Waals surface area contributed by atoms with Crippen molar-refractivity contribution in [2.24, 2.45) is 0 Å². The standard InChI is InChI=1S/C19H22N2O2S2/c1-13-4-3-5-15(6-13)18(22)21-11-19(12-21)7-17(10-25-19)23-8-16-9-24-14(2)20-16/h3-6,9,17H,7-8,10-12H2,1-2H3/t17-/m0/s1. The average Bonchev–Trinajstić information content (AvgIpc) is 3.17. The van der Waals surface area contributed by atoms with Gasteiger partial charge in [0.05, 0.1) is 28.2 Å². The molecule has 0 bridgehead atoms. The summed E-state index contributed by atoms with van der Waals surface area (Å²) in [5.41, 5.74) is 2.95. The summed E-state index contributed by atoms with van der Waals surface area (Å²) in [7, 11) is 0. The number of aryl methyl sites for hydroxylation is 2. The highest BCUT2D eigenvalue weighted by Crippen LogP contribution is 2.46. The van der Waals surface area contributed by atoms with Crippen molar-refractivity contribution in [1.82, 2.24) is 9.88 Å². The van der Waals surface area contributed by atoms with Gasteiger partial charge in [0.25, 0.3) is 5.91 Å². The fourth-order valence-corrected chi connectivity index (χ4v) is 5.71. The number of thiazole rings is 1. The van der Waals surface area contributed by atoms with Gasteiger partial charge in [0.15, 0.2) is 0 Å². The van der Waals surface area contributed by atoms with Crippen LogP contribution in [0.25, 0.3) is 0 Å². The first-order valence-electron chi connectivity index (χ1n) is 8.56. The molecule has 1 aromatic heterocycles. The van der Waals surface area contributed by atoms with E-state index in [0.717, 1.165) is 47.1 Å². The molecule has 1 amide bonds. The van der Waals surface area contributed by atoms with Crippen LogP contribution in [0.15, 0.2) is 29.6 Å². The van der Waals surface area contributed by atoms with Crippen molar-refractivity contribution in [3.8, 4) is 0 Å². The SMILES string of the molecule is Cc1cccc(C(=O)N2CC3(C[C@H](OCc4csc(C)n4)CS3)C2)c1. The molecule has 4 nitrogen and oxygen atoms in total. The van der Waals surface area contributed by atoms with Crippen LogP contribution >= 0.6 is 23.1 Å². The molecule has 6 heteroatoms. The Morgan fingerprint density at radius 1 is 1.40 bits per heavy atom. The van der Waals surface area contributed by atoms with Gasteiger partial charge in [0.2, 0.25) is 0 Å². The van der Waals surface area contributed by atoms with E-state index in [-0.39, 0.29) is 16.8 Å². The molecule has 0 unspecified atom stereocenters. The van der Waals surface area contributed by atoms with Crippen molar-refractivity contribution < 1.29 is 9.53 Å². The molecule has 2 aliphatic heterocycles. The summed E-state index contributed by atoms with van der Waals surface area (Å²) in [6.07, 6.45) is 1.29. The predicted molar refractivity (Wildman–Crippen MR) is 102 cm³/mol. The first-order chi connectivity index (χ1) is 12.0. The Bertz CT molecular complexity index is 783. The Balaban J connectivity index is 1.29. The zero-order valence-corrected chi connectivity index (χ0v) is 16.2. The molecule has 2 aliphatic rings. The molecule has 3 heterocycles. The third-order valence-corrected chi connectivity index (χ3v) is 7.22. The van der Waals surface area contributed by atoms with E-state index in [1.807, 2.05) is 54.8 Å². The van der Waals surface area contributed by atoms with Gasteiger partial charge in [-0.3, -0.25) is 4.79 Å². The van der Waals surface area contributed by atoms with Crippen LogP contribution in [0, 0.1) is 13.8 Å². The number of amides is 1. The number of hydrogen-bond acceptors (Lipinski definition) is 5. The first-order valence-corrected chi connectivity index (χ1v) is 10.4. The van der Waals surface area contributed by atoms with Crippen LogP contribution in [0.1, 0.15) is 33.0 Å². The number of rotatable bonds is 4. The van der Waals surface area contributed by atoms with E-state index in [4.69, 9.17) is 4.74 Å². The van der Waals surface area contributed by atoms with Crippen LogP contribution < -0.4 is 0 Å². The second kappa shape index (κ2) is 6.74. The molecular weight excluding hydrogens is 352 g/mol. The van der Waals surface area contributed by atoms with Crippen LogP contribution in [-0.2, 0) is 11.3 Å². The zero-order valence-electron chi connectivity index (χ0n) is 14.5. The highest BCUT2D eigenvalue weighted by Gasteiger charge is 2.51. The molecule has 2 aromatic rings. The lowest BCUT2D eigenvalue weighted by Gasteiger charge is -2.47. The minimum Gasteiger partial charge on any atom is -0.371 e. The maximum atomic E-state index is 12.6. The summed E-state index contributed by atoms with van der Waals surface area (Å²) in [5, 5.41) is 3.15. The summed E-state index contributed by atoms with van der Waals surface area (Å²) in [5.74, 6) is 1.16. The monoisotopic (exact) mass is 374 g/mol. The average molecular weight is 375 g/mol. The Morgan fingerprint density at radius 2 is 2.24 bits per heavy atom. The Labute approximate surface area is 156 Å². The van der Waals surface area contributed by atoms with Crippen molar-refractivity contribution in [2.45, 2.75) is 37.7 Å². The van der Waals surface area contributed by atoms with Crippen LogP contribution in [0.2, 0.25) is 0 Å². The van der Waals surface area contributed by atoms with Crippen LogP contribution in [0.4, 0.5) is 0 Å². The van der Waals surface area contributed by atoms with Crippen molar-refractivity contribution in [1.29, 1.82) is 0 Å². The van der Waals surface area contributed by atoms with Crippen LogP contribution in [0.3, 0.4) is 0 Å². The van der Waals surface area contributed by atoms with Crippen molar-refractivity contribution in [2.75, 3.05) is 18.8 Å². The van der Waals surface area contributed by atoms with E-state index in [1.165, 1.54) is 0 Å². The molecule has 0 aliphatic carbocycles. The number of ether oxygens (including phenoxy) is 1. The van der Waals surface area contributed by atoms with Gasteiger partial charge < -0.3 is 9.64 Å². The van der Waals surface area contributed by atoms with E-state index >= 15 is 0 Å². The van der Waals surface area contributed by atoms with Gasteiger partial charge in [-0.15, -0.1) is 23.1 Å². The minimum atomic E-state index is 0.150. The number of thioether (sulfide) groups is 1. The molecule has 1 atom stereocenters. The fraction of sp³-hybridized carbons (Fsp3) is 0.474. The highest BCUT2D eigenvalue weighted by atomic mass is 32.2. The number of nitrogens with zero attached hydrogens (tertiary/aromatic N) is 2. The van der Waals surface area contributed by atoms with Gasteiger partial charge in [0, 0.05) is 29.8 Å². The van der Waals surface area contributed by atoms with Crippen molar-refractivity contribution in [3.63, 3.8) is 0 Å². The number of likely N-dealkylation sites (tertiary alicyclic amines) is 1. The van der Waals surface area contributed by atoms with Crippen molar-refractivity contribution >= 4 is 29.0 Å². The second-order valence-corrected chi connectivity index (χ2v) is 9.57. The quantitative estimate of drug-likeness (QED) is 0.819. The largest absolute Gasteiger partial charge is 0.371 e. The smallest absolute Gasteiger partial charge is 0.253 e. The highest BCUT2D eigenvalue weighted by molar-refractivity contribution is 8.01. The van der Waals surface area contributed by atoms with Gasteiger partial charge in [-0.2, -0.15) is 0 Å². The number of aromatic nitrogens is 1. The molecule has 25 heavy (non-hydrogen) atoms. The molecule has 2 fully saturated rings. The summed E-state index contributed by atoms with van der Waals surface area (Å²) < 4.78 is 6.25. The van der Waals surface area contributed by atoms with Gasteiger partial charge in [-0.1, -0.05) is 17.7 Å². The minimum absolute atomic E-state index is 0.150. The van der Waals surface area contributed by atoms with Crippen LogP contribution in [0.5, 0.6) is 0 Å². The number of carbonyl (C=O) groups excluding carboxylic acids is 1. The second-order valence-electron chi connectivity index (χ2n) is 7.02. The van der Waals surface area contributed by atoms with Gasteiger partial charge in [-0.05, 0) is 32.4 Å². The molecule has 0 radical (unpaired) electrons. The first kappa shape index (κ1) is 17.1. The lowest BCUT2D eigenvalue weighted by Crippen LogP contribution is -2.60. The van der Waals surface area contributed by atoms with E-state index in [0.29, 0.717) is 6.61 Å². The summed E-state index contributed by atoms with van der Waals surface area (Å²) in [6.45, 7) is 6.30. The van der Waals surface area contributed by atoms with Crippen LogP contribution in [-0.4, -0.2) is 45.5 Å². The van der Waals surface area contributed by atoms with Gasteiger partial charge >= 0.3 is 0 Å². The van der Waals surface area contributed by atoms with Gasteiger partial charge in [-0.25, -0.2) is 4.98 Å². The lowest BCUT2D eigenvalue weighted by atomic mass is 9.92. The van der Waals surface area contributed by atoms with Crippen molar-refractivity contribution in [3.05, 3.63) is 51.5 Å². The Kier molecular flexibility index (Phi) is 4.60. The lowest BCUT2D eigenvalue weighted by molar-refractivity contribution is 0.0246. The third kappa shape index (κ3) is 3.61. The molecule has 2 saturated heterocycles. The molecular formula is C19H22N2O2S2. The summed E-state index contributed by atoms with van der Waals surface area (Å²) >= 11 is 3.63. The number of carbonyl (C=O) groups is 1. The molecule has 132 valence electrons. The van der Waals surface area contributed by atoms with E-state index in [9.17, 15) is 4.79 Å². The topological polar surface area (TPSA) is 42.4 Å². The molecule has 4 rings (SSSR count). The van der Waals surface area contributed by atoms with Gasteiger partial charge in [0.1, 0.15) is 0 Å². The fourth-order valence-electron chi connectivity index (χ4n) is 3.56. The summed E-state index contributed by atoms with van der Waals surface area (Å²) in [6, 6.07) is 7.85. The normalized spacial score (nSPS) is 21.5. The zero-order chi connectivity index (χ0) is 17.4. The third-order valence-electron chi connectivity index (χ3n) is 4.82. The molecule has 1 spiro atoms. The van der Waals surface area contributed by atoms with E-state index in [1.54, 1.807) is 11.3 Å². The molecule has 0 N–H and O–H groups in total. The Hall–Kier alpha value is -1.37. The Morgan fingerprint density at radius 3 is 2.96 bits per heavy atom. The molecule has 0 saturated carbocycles. The maximum Gasteiger partial charge on any atom is 0.253 e. The van der Waals surface area contributed by atoms with E-state index < -0.39 is 0 Å². The number of benzene rings is 1. The molecule has 1 aromatic carbocycles. The maximum absolute atomic E-state index is 12.6. The number of hydrogen-bond donors (Lipinski definition) is 0. The van der Waals surface area contributed by atoms with E-state index in [2.05, 4.69) is 10.4 Å².